The highest BCUT2D eigenvalue weighted by molar-refractivity contribution is 4.94. The van der Waals surface area contributed by atoms with E-state index in [-0.39, 0.29) is 5.41 Å². The molecule has 2 unspecified atom stereocenters. The SMILES string of the molecule is C[C@@H]1CC[C@]2(C)CC1OC2O. The summed E-state index contributed by atoms with van der Waals surface area (Å²) >= 11 is 0. The van der Waals surface area contributed by atoms with Gasteiger partial charge in [-0.15, -0.1) is 0 Å². The van der Waals surface area contributed by atoms with Gasteiger partial charge in [-0.3, -0.25) is 0 Å². The van der Waals surface area contributed by atoms with Gasteiger partial charge in [0, 0.05) is 5.41 Å². The summed E-state index contributed by atoms with van der Waals surface area (Å²) in [6.45, 7) is 4.34. The van der Waals surface area contributed by atoms with Crippen molar-refractivity contribution in [2.75, 3.05) is 0 Å². The summed E-state index contributed by atoms with van der Waals surface area (Å²) in [5, 5.41) is 9.55. The molecule has 2 nitrogen and oxygen atoms in total. The van der Waals surface area contributed by atoms with Crippen LogP contribution in [0, 0.1) is 11.3 Å². The number of aliphatic hydroxyl groups excluding tert-OH is 1. The van der Waals surface area contributed by atoms with Gasteiger partial charge in [0.1, 0.15) is 0 Å². The number of rotatable bonds is 0. The van der Waals surface area contributed by atoms with Crippen LogP contribution in [0.4, 0.5) is 0 Å². The number of hydrogen-bond donors (Lipinski definition) is 1. The van der Waals surface area contributed by atoms with E-state index < -0.39 is 6.29 Å². The van der Waals surface area contributed by atoms with Crippen molar-refractivity contribution < 1.29 is 9.84 Å². The van der Waals surface area contributed by atoms with Gasteiger partial charge < -0.3 is 9.84 Å². The Balaban J connectivity index is 2.18. The highest BCUT2D eigenvalue weighted by atomic mass is 16.6. The minimum Gasteiger partial charge on any atom is -0.367 e. The molecule has 0 spiro atoms. The highest BCUT2D eigenvalue weighted by Gasteiger charge is 2.49. The van der Waals surface area contributed by atoms with Gasteiger partial charge >= 0.3 is 0 Å². The maximum Gasteiger partial charge on any atom is 0.160 e. The lowest BCUT2D eigenvalue weighted by atomic mass is 9.73. The molecule has 1 N–H and O–H groups in total. The third-order valence-electron chi connectivity index (χ3n) is 3.37. The molecular weight excluding hydrogens is 140 g/mol. The molecule has 0 aromatic rings. The molecule has 64 valence electrons. The molecule has 4 atom stereocenters. The van der Waals surface area contributed by atoms with Crippen LogP contribution in [0.5, 0.6) is 0 Å². The van der Waals surface area contributed by atoms with Crippen LogP contribution in [0.25, 0.3) is 0 Å². The lowest BCUT2D eigenvalue weighted by molar-refractivity contribution is -0.128. The molecule has 0 aromatic carbocycles. The third-order valence-corrected chi connectivity index (χ3v) is 3.37. The Morgan fingerprint density at radius 3 is 2.91 bits per heavy atom. The minimum atomic E-state index is -0.502. The summed E-state index contributed by atoms with van der Waals surface area (Å²) in [6.07, 6.45) is 3.19. The molecule has 2 bridgehead atoms. The summed E-state index contributed by atoms with van der Waals surface area (Å²) in [6, 6.07) is 0. The first kappa shape index (κ1) is 7.56. The fourth-order valence-electron chi connectivity index (χ4n) is 2.24. The van der Waals surface area contributed by atoms with Crippen molar-refractivity contribution in [2.45, 2.75) is 45.5 Å². The summed E-state index contributed by atoms with van der Waals surface area (Å²) in [7, 11) is 0. The van der Waals surface area contributed by atoms with E-state index in [1.807, 2.05) is 0 Å². The van der Waals surface area contributed by atoms with E-state index in [0.717, 1.165) is 12.8 Å². The van der Waals surface area contributed by atoms with Crippen LogP contribution in [-0.4, -0.2) is 17.5 Å². The fourth-order valence-corrected chi connectivity index (χ4v) is 2.24. The van der Waals surface area contributed by atoms with Crippen LogP contribution >= 0.6 is 0 Å². The van der Waals surface area contributed by atoms with Crippen molar-refractivity contribution in [3.63, 3.8) is 0 Å². The second-order valence-corrected chi connectivity index (χ2v) is 4.40. The van der Waals surface area contributed by atoms with Gasteiger partial charge in [-0.2, -0.15) is 0 Å². The monoisotopic (exact) mass is 156 g/mol. The van der Waals surface area contributed by atoms with Crippen LogP contribution < -0.4 is 0 Å². The lowest BCUT2D eigenvalue weighted by Gasteiger charge is -2.30. The topological polar surface area (TPSA) is 29.5 Å². The Morgan fingerprint density at radius 2 is 2.27 bits per heavy atom. The molecule has 1 heterocycles. The highest BCUT2D eigenvalue weighted by Crippen LogP contribution is 2.48. The number of aliphatic hydroxyl groups is 1. The van der Waals surface area contributed by atoms with Crippen LogP contribution in [0.15, 0.2) is 0 Å². The van der Waals surface area contributed by atoms with Crippen molar-refractivity contribution in [2.24, 2.45) is 11.3 Å². The van der Waals surface area contributed by atoms with E-state index in [4.69, 9.17) is 4.74 Å². The second kappa shape index (κ2) is 2.20. The van der Waals surface area contributed by atoms with E-state index in [9.17, 15) is 5.11 Å². The van der Waals surface area contributed by atoms with E-state index >= 15 is 0 Å². The van der Waals surface area contributed by atoms with Gasteiger partial charge in [0.25, 0.3) is 0 Å². The first-order valence-corrected chi connectivity index (χ1v) is 4.45. The Bertz CT molecular complexity index is 169. The van der Waals surface area contributed by atoms with Crippen molar-refractivity contribution >= 4 is 0 Å². The molecular formula is C9H16O2. The van der Waals surface area contributed by atoms with E-state index in [2.05, 4.69) is 13.8 Å². The normalized spacial score (nSPS) is 56.5. The molecule has 2 aliphatic rings. The van der Waals surface area contributed by atoms with Crippen LogP contribution in [0.2, 0.25) is 0 Å². The Kier molecular flexibility index (Phi) is 1.52. The standard InChI is InChI=1S/C9H16O2/c1-6-3-4-9(2)5-7(6)11-8(9)10/h6-8,10H,3-5H2,1-2H3/t6-,7?,8?,9-/m1/s1. The van der Waals surface area contributed by atoms with E-state index in [1.54, 1.807) is 0 Å². The van der Waals surface area contributed by atoms with Gasteiger partial charge in [0.05, 0.1) is 6.10 Å². The minimum absolute atomic E-state index is 0.0666. The molecule has 1 aliphatic carbocycles. The molecule has 0 amide bonds. The molecule has 0 radical (unpaired) electrons. The van der Waals surface area contributed by atoms with Crippen molar-refractivity contribution in [1.82, 2.24) is 0 Å². The maximum atomic E-state index is 9.55. The molecule has 2 rings (SSSR count). The molecule has 1 saturated heterocycles. The largest absolute Gasteiger partial charge is 0.367 e. The second-order valence-electron chi connectivity index (χ2n) is 4.40. The first-order valence-electron chi connectivity index (χ1n) is 4.45. The zero-order chi connectivity index (χ0) is 8.06. The molecule has 0 aromatic heterocycles. The molecule has 2 fully saturated rings. The third kappa shape index (κ3) is 1.00. The molecule has 1 aliphatic heterocycles. The average Bonchev–Trinajstić information content (AvgIpc) is 2.20. The average molecular weight is 156 g/mol. The smallest absolute Gasteiger partial charge is 0.160 e. The number of fused-ring (bicyclic) bond motifs is 2. The molecule has 11 heavy (non-hydrogen) atoms. The van der Waals surface area contributed by atoms with Gasteiger partial charge in [-0.1, -0.05) is 13.8 Å². The Hall–Kier alpha value is -0.0800. The van der Waals surface area contributed by atoms with Crippen LogP contribution in [0.3, 0.4) is 0 Å². The maximum absolute atomic E-state index is 9.55. The first-order chi connectivity index (χ1) is 5.12. The van der Waals surface area contributed by atoms with Crippen molar-refractivity contribution in [3.05, 3.63) is 0 Å². The number of ether oxygens (including phenoxy) is 1. The molecule has 1 saturated carbocycles. The molecule has 2 heteroatoms. The van der Waals surface area contributed by atoms with Gasteiger partial charge in [-0.05, 0) is 25.2 Å². The van der Waals surface area contributed by atoms with Gasteiger partial charge in [0.2, 0.25) is 0 Å². The summed E-state index contributed by atoms with van der Waals surface area (Å²) < 4.78 is 5.46. The lowest BCUT2D eigenvalue weighted by Crippen LogP contribution is -2.29. The quantitative estimate of drug-likeness (QED) is 0.576. The summed E-state index contributed by atoms with van der Waals surface area (Å²) in [4.78, 5) is 0. The van der Waals surface area contributed by atoms with Crippen LogP contribution in [-0.2, 0) is 4.74 Å². The Labute approximate surface area is 67.6 Å². The van der Waals surface area contributed by atoms with Crippen molar-refractivity contribution in [1.29, 1.82) is 0 Å². The Morgan fingerprint density at radius 1 is 1.55 bits per heavy atom. The number of hydrogen-bond acceptors (Lipinski definition) is 2. The predicted molar refractivity (Wildman–Crippen MR) is 42.0 cm³/mol. The summed E-state index contributed by atoms with van der Waals surface area (Å²) in [5.41, 5.74) is 0.0666. The fraction of sp³-hybridized carbons (Fsp3) is 1.00. The van der Waals surface area contributed by atoms with Gasteiger partial charge in [0.15, 0.2) is 6.29 Å². The zero-order valence-corrected chi connectivity index (χ0v) is 7.21. The zero-order valence-electron chi connectivity index (χ0n) is 7.21. The predicted octanol–water partition coefficient (Wildman–Crippen LogP) is 1.53. The van der Waals surface area contributed by atoms with E-state index in [0.29, 0.717) is 12.0 Å². The van der Waals surface area contributed by atoms with Crippen molar-refractivity contribution in [3.8, 4) is 0 Å². The summed E-state index contributed by atoms with van der Waals surface area (Å²) in [5.74, 6) is 0.639. The van der Waals surface area contributed by atoms with Gasteiger partial charge in [-0.25, -0.2) is 0 Å². The van der Waals surface area contributed by atoms with E-state index in [1.165, 1.54) is 6.42 Å². The van der Waals surface area contributed by atoms with Crippen LogP contribution in [0.1, 0.15) is 33.1 Å².